The maximum Gasteiger partial charge on any atom is 0.224 e. The van der Waals surface area contributed by atoms with Crippen LogP contribution in [0.25, 0.3) is 11.0 Å². The minimum atomic E-state index is 0.182. The van der Waals surface area contributed by atoms with Gasteiger partial charge >= 0.3 is 0 Å². The number of hydrogen-bond donors (Lipinski definition) is 1. The lowest BCUT2D eigenvalue weighted by Gasteiger charge is -2.22. The Morgan fingerprint density at radius 3 is 2.64 bits per heavy atom. The molecule has 1 aromatic heterocycles. The van der Waals surface area contributed by atoms with Crippen LogP contribution in [-0.4, -0.2) is 39.5 Å². The van der Waals surface area contributed by atoms with Crippen molar-refractivity contribution in [3.8, 4) is 0 Å². The van der Waals surface area contributed by atoms with Crippen LogP contribution >= 0.6 is 0 Å². The number of aromatic nitrogens is 2. The van der Waals surface area contributed by atoms with Gasteiger partial charge in [0.25, 0.3) is 0 Å². The quantitative estimate of drug-likeness (QED) is 0.781. The van der Waals surface area contributed by atoms with Gasteiger partial charge in [-0.1, -0.05) is 25.8 Å². The summed E-state index contributed by atoms with van der Waals surface area (Å²) in [6.07, 6.45) is 8.95. The molecule has 28 heavy (non-hydrogen) atoms. The van der Waals surface area contributed by atoms with Gasteiger partial charge in [0.15, 0.2) is 0 Å². The fraction of sp³-hybridized carbons (Fsp3) is 0.652. The zero-order valence-corrected chi connectivity index (χ0v) is 17.4. The molecule has 152 valence electrons. The second-order valence-corrected chi connectivity index (χ2v) is 8.59. The number of amides is 1. The Kier molecular flexibility index (Phi) is 6.00. The summed E-state index contributed by atoms with van der Waals surface area (Å²) in [5.74, 6) is 1.51. The van der Waals surface area contributed by atoms with Crippen LogP contribution in [0.2, 0.25) is 0 Å². The molecule has 1 aliphatic carbocycles. The van der Waals surface area contributed by atoms with E-state index in [-0.39, 0.29) is 6.04 Å². The van der Waals surface area contributed by atoms with Gasteiger partial charge in [0, 0.05) is 44.6 Å². The Labute approximate surface area is 168 Å². The van der Waals surface area contributed by atoms with Gasteiger partial charge in [-0.2, -0.15) is 0 Å². The highest BCUT2D eigenvalue weighted by molar-refractivity contribution is 5.77. The Morgan fingerprint density at radius 1 is 1.21 bits per heavy atom. The highest BCUT2D eigenvalue weighted by Gasteiger charge is 2.27. The first kappa shape index (κ1) is 19.4. The molecule has 0 spiro atoms. The van der Waals surface area contributed by atoms with Crippen molar-refractivity contribution in [3.05, 3.63) is 29.6 Å². The summed E-state index contributed by atoms with van der Waals surface area (Å²) < 4.78 is 2.44. The van der Waals surface area contributed by atoms with E-state index >= 15 is 0 Å². The molecule has 2 aromatic rings. The van der Waals surface area contributed by atoms with Crippen molar-refractivity contribution in [2.75, 3.05) is 13.1 Å². The third-order valence-corrected chi connectivity index (χ3v) is 6.15. The fourth-order valence-corrected chi connectivity index (χ4v) is 4.37. The summed E-state index contributed by atoms with van der Waals surface area (Å²) in [6.45, 7) is 6.95. The van der Waals surface area contributed by atoms with E-state index in [1.807, 2.05) is 0 Å². The topological polar surface area (TPSA) is 50.2 Å². The summed E-state index contributed by atoms with van der Waals surface area (Å²) in [4.78, 5) is 19.5. The smallest absolute Gasteiger partial charge is 0.224 e. The van der Waals surface area contributed by atoms with Crippen molar-refractivity contribution in [3.63, 3.8) is 0 Å². The van der Waals surface area contributed by atoms with Crippen molar-refractivity contribution >= 4 is 16.9 Å². The number of rotatable bonds is 7. The molecule has 4 rings (SSSR count). The van der Waals surface area contributed by atoms with Gasteiger partial charge in [0.1, 0.15) is 5.82 Å². The average molecular weight is 383 g/mol. The lowest BCUT2D eigenvalue weighted by atomic mass is 10.1. The van der Waals surface area contributed by atoms with Gasteiger partial charge in [0.05, 0.1) is 11.0 Å². The highest BCUT2D eigenvalue weighted by Crippen LogP contribution is 2.38. The van der Waals surface area contributed by atoms with Gasteiger partial charge in [-0.25, -0.2) is 4.98 Å². The standard InChI is InChI=1S/C23H34N4O/c1-3-22-25-20-15-18(8-11-21(20)27(22)19-9-10-19)16-24-17(2)14-23(28)26-12-6-4-5-7-13-26/h8,11,15,17,19,24H,3-7,9-10,12-14,16H2,1-2H3. The van der Waals surface area contributed by atoms with Crippen molar-refractivity contribution in [2.45, 2.75) is 83.8 Å². The maximum absolute atomic E-state index is 12.6. The second-order valence-electron chi connectivity index (χ2n) is 8.59. The van der Waals surface area contributed by atoms with Gasteiger partial charge in [-0.05, 0) is 50.3 Å². The van der Waals surface area contributed by atoms with E-state index < -0.39 is 0 Å². The average Bonchev–Trinajstić information content (AvgIpc) is 3.50. The monoisotopic (exact) mass is 382 g/mol. The molecule has 1 amide bonds. The van der Waals surface area contributed by atoms with E-state index in [0.717, 1.165) is 44.4 Å². The number of imidazole rings is 1. The van der Waals surface area contributed by atoms with E-state index in [1.54, 1.807) is 0 Å². The largest absolute Gasteiger partial charge is 0.343 e. The molecule has 1 N–H and O–H groups in total. The predicted molar refractivity (Wildman–Crippen MR) is 113 cm³/mol. The van der Waals surface area contributed by atoms with Crippen LogP contribution < -0.4 is 5.32 Å². The summed E-state index contributed by atoms with van der Waals surface area (Å²) in [5.41, 5.74) is 3.62. The molecule has 0 radical (unpaired) electrons. The van der Waals surface area contributed by atoms with Crippen LogP contribution in [0.4, 0.5) is 0 Å². The third-order valence-electron chi connectivity index (χ3n) is 6.15. The molecule has 1 atom stereocenters. The van der Waals surface area contributed by atoms with E-state index in [4.69, 9.17) is 4.98 Å². The molecule has 1 unspecified atom stereocenters. The van der Waals surface area contributed by atoms with Gasteiger partial charge in [0.2, 0.25) is 5.91 Å². The lowest BCUT2D eigenvalue weighted by Crippen LogP contribution is -2.37. The highest BCUT2D eigenvalue weighted by atomic mass is 16.2. The van der Waals surface area contributed by atoms with Gasteiger partial charge in [-0.3, -0.25) is 4.79 Å². The lowest BCUT2D eigenvalue weighted by molar-refractivity contribution is -0.131. The number of aryl methyl sites for hydroxylation is 1. The summed E-state index contributed by atoms with van der Waals surface area (Å²) in [7, 11) is 0. The number of nitrogens with zero attached hydrogens (tertiary/aromatic N) is 3. The number of fused-ring (bicyclic) bond motifs is 1. The van der Waals surface area contributed by atoms with E-state index in [9.17, 15) is 4.79 Å². The summed E-state index contributed by atoms with van der Waals surface area (Å²) >= 11 is 0. The molecule has 2 heterocycles. The first-order valence-corrected chi connectivity index (χ1v) is 11.2. The number of carbonyl (C=O) groups excluding carboxylic acids is 1. The fourth-order valence-electron chi connectivity index (χ4n) is 4.37. The number of nitrogens with one attached hydrogen (secondary N) is 1. The van der Waals surface area contributed by atoms with E-state index in [1.165, 1.54) is 42.6 Å². The number of hydrogen-bond acceptors (Lipinski definition) is 3. The SMILES string of the molecule is CCc1nc2cc(CNC(C)CC(=O)N3CCCCCC3)ccc2n1C1CC1. The van der Waals surface area contributed by atoms with Crippen molar-refractivity contribution in [1.82, 2.24) is 19.8 Å². The second kappa shape index (κ2) is 8.64. The Bertz CT molecular complexity index is 815. The number of carbonyl (C=O) groups is 1. The van der Waals surface area contributed by atoms with Gasteiger partial charge in [-0.15, -0.1) is 0 Å². The minimum absolute atomic E-state index is 0.182. The zero-order chi connectivity index (χ0) is 19.5. The molecule has 1 aliphatic heterocycles. The molecule has 2 fully saturated rings. The van der Waals surface area contributed by atoms with Crippen LogP contribution in [-0.2, 0) is 17.8 Å². The minimum Gasteiger partial charge on any atom is -0.343 e. The first-order valence-electron chi connectivity index (χ1n) is 11.2. The van der Waals surface area contributed by atoms with Crippen LogP contribution in [0.1, 0.15) is 76.2 Å². The Hall–Kier alpha value is -1.88. The number of benzene rings is 1. The molecular weight excluding hydrogens is 348 g/mol. The van der Waals surface area contributed by atoms with Crippen molar-refractivity contribution < 1.29 is 4.79 Å². The Balaban J connectivity index is 1.35. The maximum atomic E-state index is 12.6. The van der Waals surface area contributed by atoms with E-state index in [2.05, 4.69) is 46.8 Å². The molecule has 1 aromatic carbocycles. The molecular formula is C23H34N4O. The predicted octanol–water partition coefficient (Wildman–Crippen LogP) is 4.20. The first-order chi connectivity index (χ1) is 13.7. The van der Waals surface area contributed by atoms with Crippen LogP contribution in [0.15, 0.2) is 18.2 Å². The van der Waals surface area contributed by atoms with E-state index in [0.29, 0.717) is 18.4 Å². The third kappa shape index (κ3) is 4.40. The van der Waals surface area contributed by atoms with Crippen LogP contribution in [0, 0.1) is 0 Å². The molecule has 1 saturated heterocycles. The van der Waals surface area contributed by atoms with Crippen LogP contribution in [0.5, 0.6) is 0 Å². The summed E-state index contributed by atoms with van der Waals surface area (Å²) in [6, 6.07) is 7.49. The van der Waals surface area contributed by atoms with Crippen LogP contribution in [0.3, 0.4) is 0 Å². The number of likely N-dealkylation sites (tertiary alicyclic amines) is 1. The van der Waals surface area contributed by atoms with Crippen molar-refractivity contribution in [1.29, 1.82) is 0 Å². The molecule has 1 saturated carbocycles. The molecule has 0 bridgehead atoms. The normalized spacial score (nSPS) is 19.0. The summed E-state index contributed by atoms with van der Waals surface area (Å²) in [5, 5.41) is 3.54. The van der Waals surface area contributed by atoms with Crippen molar-refractivity contribution in [2.24, 2.45) is 0 Å². The zero-order valence-electron chi connectivity index (χ0n) is 17.4. The Morgan fingerprint density at radius 2 is 1.96 bits per heavy atom. The molecule has 5 heteroatoms. The molecule has 2 aliphatic rings. The van der Waals surface area contributed by atoms with Gasteiger partial charge < -0.3 is 14.8 Å². The molecule has 5 nitrogen and oxygen atoms in total.